The second kappa shape index (κ2) is 3.77. The number of ether oxygens (including phenoxy) is 4. The molecule has 0 radical (unpaired) electrons. The fourth-order valence-electron chi connectivity index (χ4n) is 2.09. The lowest BCUT2D eigenvalue weighted by Crippen LogP contribution is -2.38. The molecule has 5 nitrogen and oxygen atoms in total. The summed E-state index contributed by atoms with van der Waals surface area (Å²) in [4.78, 5) is 10.9. The zero-order valence-corrected chi connectivity index (χ0v) is 10.1. The van der Waals surface area contributed by atoms with Gasteiger partial charge in [-0.3, -0.25) is 0 Å². The summed E-state index contributed by atoms with van der Waals surface area (Å²) in [7, 11) is 0. The van der Waals surface area contributed by atoms with E-state index in [4.69, 9.17) is 18.9 Å². The molecule has 0 amide bonds. The van der Waals surface area contributed by atoms with E-state index in [9.17, 15) is 4.79 Å². The molecule has 92 valence electrons. The van der Waals surface area contributed by atoms with Gasteiger partial charge in [-0.15, -0.1) is 0 Å². The Balaban J connectivity index is 2.07. The van der Waals surface area contributed by atoms with Crippen molar-refractivity contribution in [3.05, 3.63) is 0 Å². The smallest absolute Gasteiger partial charge is 0.164 e. The van der Waals surface area contributed by atoms with Crippen molar-refractivity contribution < 1.29 is 23.7 Å². The van der Waals surface area contributed by atoms with Crippen LogP contribution in [0.15, 0.2) is 0 Å². The van der Waals surface area contributed by atoms with Crippen LogP contribution in [0, 0.1) is 0 Å². The zero-order valence-electron chi connectivity index (χ0n) is 10.1. The van der Waals surface area contributed by atoms with Crippen molar-refractivity contribution in [3.8, 4) is 0 Å². The zero-order chi connectivity index (χ0) is 12.0. The fraction of sp³-hybridized carbons (Fsp3) is 0.909. The van der Waals surface area contributed by atoms with Crippen LogP contribution in [0.5, 0.6) is 0 Å². The molecule has 2 rings (SSSR count). The number of rotatable bonds is 2. The van der Waals surface area contributed by atoms with Crippen molar-refractivity contribution in [2.45, 2.75) is 57.6 Å². The molecule has 0 N–H and O–H groups in total. The summed E-state index contributed by atoms with van der Waals surface area (Å²) in [5.74, 6) is -1.36. The van der Waals surface area contributed by atoms with Gasteiger partial charge in [-0.25, -0.2) is 0 Å². The van der Waals surface area contributed by atoms with Gasteiger partial charge in [-0.05, 0) is 27.7 Å². The first-order valence-corrected chi connectivity index (χ1v) is 5.46. The highest BCUT2D eigenvalue weighted by Crippen LogP contribution is 2.34. The van der Waals surface area contributed by atoms with E-state index in [-0.39, 0.29) is 6.10 Å². The Bertz CT molecular complexity index is 286. The lowest BCUT2D eigenvalue weighted by molar-refractivity contribution is -0.174. The van der Waals surface area contributed by atoms with E-state index < -0.39 is 23.8 Å². The molecule has 0 spiro atoms. The van der Waals surface area contributed by atoms with Crippen LogP contribution in [-0.4, -0.2) is 42.8 Å². The van der Waals surface area contributed by atoms with Crippen molar-refractivity contribution >= 4 is 6.29 Å². The van der Waals surface area contributed by atoms with Gasteiger partial charge in [0.25, 0.3) is 0 Å². The van der Waals surface area contributed by atoms with Crippen LogP contribution in [-0.2, 0) is 23.7 Å². The molecule has 2 aliphatic heterocycles. The summed E-state index contributed by atoms with van der Waals surface area (Å²) < 4.78 is 22.3. The van der Waals surface area contributed by atoms with E-state index in [0.29, 0.717) is 6.61 Å². The molecule has 2 heterocycles. The molecule has 0 bridgehead atoms. The van der Waals surface area contributed by atoms with Gasteiger partial charge in [0, 0.05) is 0 Å². The van der Waals surface area contributed by atoms with Crippen molar-refractivity contribution in [1.29, 1.82) is 0 Å². The molecule has 16 heavy (non-hydrogen) atoms. The van der Waals surface area contributed by atoms with Crippen molar-refractivity contribution in [3.63, 3.8) is 0 Å². The van der Waals surface area contributed by atoms with E-state index >= 15 is 0 Å². The number of hydrogen-bond acceptors (Lipinski definition) is 5. The Morgan fingerprint density at radius 2 is 1.75 bits per heavy atom. The third kappa shape index (κ3) is 2.27. The van der Waals surface area contributed by atoms with Crippen LogP contribution >= 0.6 is 0 Å². The maximum Gasteiger partial charge on any atom is 0.164 e. The maximum absolute atomic E-state index is 10.9. The Kier molecular flexibility index (Phi) is 2.82. The number of carbonyl (C=O) groups excluding carboxylic acids is 1. The molecule has 0 aliphatic carbocycles. The molecule has 0 unspecified atom stereocenters. The monoisotopic (exact) mass is 230 g/mol. The van der Waals surface area contributed by atoms with E-state index in [2.05, 4.69) is 0 Å². The molecular formula is C11H18O5. The van der Waals surface area contributed by atoms with Crippen LogP contribution in [0.3, 0.4) is 0 Å². The fourth-order valence-corrected chi connectivity index (χ4v) is 2.09. The largest absolute Gasteiger partial charge is 0.348 e. The first-order chi connectivity index (χ1) is 7.33. The molecule has 0 saturated carbocycles. The summed E-state index contributed by atoms with van der Waals surface area (Å²) in [6.07, 6.45) is -0.479. The second-order valence-electron chi connectivity index (χ2n) is 5.07. The summed E-state index contributed by atoms with van der Waals surface area (Å²) >= 11 is 0. The molecule has 2 aliphatic rings. The molecule has 3 atom stereocenters. The van der Waals surface area contributed by atoms with E-state index in [1.165, 1.54) is 0 Å². The van der Waals surface area contributed by atoms with E-state index in [0.717, 1.165) is 6.29 Å². The minimum absolute atomic E-state index is 0.257. The van der Waals surface area contributed by atoms with Crippen LogP contribution < -0.4 is 0 Å². The topological polar surface area (TPSA) is 54.0 Å². The molecule has 5 heteroatoms. The van der Waals surface area contributed by atoms with Crippen LogP contribution in [0.1, 0.15) is 27.7 Å². The van der Waals surface area contributed by atoms with Crippen molar-refractivity contribution in [1.82, 2.24) is 0 Å². The first kappa shape index (κ1) is 12.0. The Morgan fingerprint density at radius 3 is 2.25 bits per heavy atom. The van der Waals surface area contributed by atoms with Gasteiger partial charge in [0.15, 0.2) is 17.9 Å². The highest BCUT2D eigenvalue weighted by atomic mass is 16.8. The van der Waals surface area contributed by atoms with Crippen molar-refractivity contribution in [2.75, 3.05) is 6.61 Å². The number of carbonyl (C=O) groups is 1. The summed E-state index contributed by atoms with van der Waals surface area (Å²) in [6.45, 7) is 7.66. The number of hydrogen-bond donors (Lipinski definition) is 0. The van der Waals surface area contributed by atoms with E-state index in [1.54, 1.807) is 13.8 Å². The second-order valence-corrected chi connectivity index (χ2v) is 5.07. The SMILES string of the molecule is CC1(C)O[C@@H]([C@@H]2COC(C)(C)O2)[C@H](C=O)O1. The molecule has 2 saturated heterocycles. The third-order valence-electron chi connectivity index (χ3n) is 2.69. The summed E-state index contributed by atoms with van der Waals surface area (Å²) in [6, 6.07) is 0. The molecule has 0 aromatic rings. The predicted octanol–water partition coefficient (Wildman–Crippen LogP) is 0.857. The van der Waals surface area contributed by atoms with Gasteiger partial charge < -0.3 is 23.7 Å². The lowest BCUT2D eigenvalue weighted by atomic mass is 10.1. The summed E-state index contributed by atoms with van der Waals surface area (Å²) in [5.41, 5.74) is 0. The van der Waals surface area contributed by atoms with Gasteiger partial charge in [0.05, 0.1) is 6.61 Å². The predicted molar refractivity (Wildman–Crippen MR) is 54.8 cm³/mol. The first-order valence-electron chi connectivity index (χ1n) is 5.46. The minimum atomic E-state index is -0.744. The molecular weight excluding hydrogens is 212 g/mol. The molecule has 0 aromatic carbocycles. The van der Waals surface area contributed by atoms with Gasteiger partial charge >= 0.3 is 0 Å². The van der Waals surface area contributed by atoms with Gasteiger partial charge in [-0.1, -0.05) is 0 Å². The third-order valence-corrected chi connectivity index (χ3v) is 2.69. The minimum Gasteiger partial charge on any atom is -0.348 e. The average molecular weight is 230 g/mol. The Labute approximate surface area is 95.0 Å². The maximum atomic E-state index is 10.9. The quantitative estimate of drug-likeness (QED) is 0.658. The molecule has 0 aromatic heterocycles. The van der Waals surface area contributed by atoms with Gasteiger partial charge in [0.1, 0.15) is 18.3 Å². The van der Waals surface area contributed by atoms with Crippen molar-refractivity contribution in [2.24, 2.45) is 0 Å². The summed E-state index contributed by atoms with van der Waals surface area (Å²) in [5, 5.41) is 0. The molecule has 2 fully saturated rings. The van der Waals surface area contributed by atoms with Crippen LogP contribution in [0.4, 0.5) is 0 Å². The van der Waals surface area contributed by atoms with E-state index in [1.807, 2.05) is 13.8 Å². The van der Waals surface area contributed by atoms with Crippen LogP contribution in [0.25, 0.3) is 0 Å². The van der Waals surface area contributed by atoms with Crippen LogP contribution in [0.2, 0.25) is 0 Å². The standard InChI is InChI=1S/C11H18O5/c1-10(2)13-6-8(15-10)9-7(5-12)14-11(3,4)16-9/h5,7-9H,6H2,1-4H3/t7-,8-,9+/m0/s1. The van der Waals surface area contributed by atoms with Gasteiger partial charge in [0.2, 0.25) is 0 Å². The Hall–Kier alpha value is -0.490. The Morgan fingerprint density at radius 1 is 1.06 bits per heavy atom. The highest BCUT2D eigenvalue weighted by Gasteiger charge is 2.49. The van der Waals surface area contributed by atoms with Gasteiger partial charge in [-0.2, -0.15) is 0 Å². The normalized spacial score (nSPS) is 41.1. The average Bonchev–Trinajstić information content (AvgIpc) is 2.65. The highest BCUT2D eigenvalue weighted by molar-refractivity contribution is 5.58. The number of aldehydes is 1. The lowest BCUT2D eigenvalue weighted by Gasteiger charge is -2.22.